The molecule has 0 fully saturated rings. The molecule has 0 spiro atoms. The molecule has 13 heteroatoms. The van der Waals surface area contributed by atoms with Crippen molar-refractivity contribution in [2.45, 2.75) is 25.1 Å². The second-order valence-corrected chi connectivity index (χ2v) is 7.30. The maximum atomic E-state index is 13.0. The summed E-state index contributed by atoms with van der Waals surface area (Å²) in [7, 11) is 0. The van der Waals surface area contributed by atoms with Gasteiger partial charge >= 0.3 is 18.5 Å². The van der Waals surface area contributed by atoms with Crippen LogP contribution in [0.1, 0.15) is 32.6 Å². The first-order chi connectivity index (χ1) is 16.1. The van der Waals surface area contributed by atoms with Crippen LogP contribution in [0.15, 0.2) is 65.6 Å². The summed E-state index contributed by atoms with van der Waals surface area (Å²) in [6.07, 6.45) is -13.6. The monoisotopic (exact) mass is 508 g/mol. The van der Waals surface area contributed by atoms with E-state index >= 15 is 0 Å². The van der Waals surface area contributed by atoms with Gasteiger partial charge in [0.1, 0.15) is 5.56 Å². The number of carbonyl (C=O) groups excluding carboxylic acids is 1. The van der Waals surface area contributed by atoms with Crippen LogP contribution in [-0.2, 0) is 25.1 Å². The first-order valence-electron chi connectivity index (χ1n) is 9.52. The zero-order valence-corrected chi connectivity index (χ0v) is 17.1. The summed E-state index contributed by atoms with van der Waals surface area (Å²) in [6, 6.07) is 6.49. The minimum Gasteiger partial charge on any atom is -0.322 e. The van der Waals surface area contributed by atoms with Crippen molar-refractivity contribution in [2.75, 3.05) is 5.32 Å². The van der Waals surface area contributed by atoms with Crippen molar-refractivity contribution in [3.8, 4) is 0 Å². The molecule has 1 amide bonds. The molecule has 2 aromatic carbocycles. The SMILES string of the molecule is O=C(Nc1cc(C(F)(F)F)cc(C(F)(F)F)c1)c1cccn(Cc2ccc(C(F)(F)F)cc2)c1=O. The molecular weight excluding hydrogens is 495 g/mol. The van der Waals surface area contributed by atoms with Crippen LogP contribution in [0.25, 0.3) is 0 Å². The number of aromatic nitrogens is 1. The van der Waals surface area contributed by atoms with Crippen LogP contribution in [0.2, 0.25) is 0 Å². The van der Waals surface area contributed by atoms with Crippen LogP contribution in [0.4, 0.5) is 45.2 Å². The summed E-state index contributed by atoms with van der Waals surface area (Å²) in [5.74, 6) is -1.27. The van der Waals surface area contributed by atoms with E-state index in [0.717, 1.165) is 34.9 Å². The molecule has 1 N–H and O–H groups in total. The highest BCUT2D eigenvalue weighted by atomic mass is 19.4. The molecule has 0 unspecified atom stereocenters. The fraction of sp³-hybridized carbons (Fsp3) is 0.182. The lowest BCUT2D eigenvalue weighted by Gasteiger charge is -2.15. The second-order valence-electron chi connectivity index (χ2n) is 7.30. The van der Waals surface area contributed by atoms with Crippen LogP contribution in [-0.4, -0.2) is 10.5 Å². The van der Waals surface area contributed by atoms with Gasteiger partial charge in [0.05, 0.1) is 23.2 Å². The molecule has 0 aliphatic rings. The molecule has 1 aromatic heterocycles. The van der Waals surface area contributed by atoms with Crippen molar-refractivity contribution >= 4 is 11.6 Å². The average Bonchev–Trinajstić information content (AvgIpc) is 2.73. The summed E-state index contributed by atoms with van der Waals surface area (Å²) in [6.45, 7) is -0.250. The quantitative estimate of drug-likeness (QED) is 0.427. The first-order valence-corrected chi connectivity index (χ1v) is 9.52. The number of nitrogens with zero attached hydrogens (tertiary/aromatic N) is 1. The topological polar surface area (TPSA) is 51.1 Å². The summed E-state index contributed by atoms with van der Waals surface area (Å²) >= 11 is 0. The summed E-state index contributed by atoms with van der Waals surface area (Å²) in [4.78, 5) is 25.2. The molecule has 3 aromatic rings. The molecule has 4 nitrogen and oxygen atoms in total. The van der Waals surface area contributed by atoms with E-state index in [4.69, 9.17) is 0 Å². The maximum Gasteiger partial charge on any atom is 0.416 e. The lowest BCUT2D eigenvalue weighted by molar-refractivity contribution is -0.143. The number of benzene rings is 2. The first kappa shape index (κ1) is 25.8. The summed E-state index contributed by atoms with van der Waals surface area (Å²) in [5.41, 5.74) is -6.37. The molecule has 0 bridgehead atoms. The van der Waals surface area contributed by atoms with E-state index in [-0.39, 0.29) is 30.3 Å². The van der Waals surface area contributed by atoms with Gasteiger partial charge in [-0.25, -0.2) is 0 Å². The van der Waals surface area contributed by atoms with E-state index in [9.17, 15) is 49.1 Å². The standard InChI is InChI=1S/C22H13F9N2O2/c23-20(24,25)13-5-3-12(4-6-13)11-33-7-1-2-17(19(33)35)18(34)32-16-9-14(21(26,27)28)8-15(10-16)22(29,30)31/h1-10H,11H2,(H,32,34). The molecule has 0 aliphatic heterocycles. The summed E-state index contributed by atoms with van der Waals surface area (Å²) < 4.78 is 117. The number of pyridine rings is 1. The van der Waals surface area contributed by atoms with E-state index in [1.54, 1.807) is 0 Å². The van der Waals surface area contributed by atoms with E-state index < -0.39 is 57.9 Å². The maximum absolute atomic E-state index is 13.0. The van der Waals surface area contributed by atoms with Gasteiger partial charge in [0.2, 0.25) is 0 Å². The third-order valence-corrected chi connectivity index (χ3v) is 4.74. The number of amides is 1. The molecule has 186 valence electrons. The van der Waals surface area contributed by atoms with Crippen LogP contribution in [0.3, 0.4) is 0 Å². The third-order valence-electron chi connectivity index (χ3n) is 4.74. The van der Waals surface area contributed by atoms with E-state index in [1.165, 1.54) is 12.3 Å². The number of hydrogen-bond acceptors (Lipinski definition) is 2. The molecule has 0 atom stereocenters. The highest BCUT2D eigenvalue weighted by Crippen LogP contribution is 2.37. The minimum atomic E-state index is -5.14. The number of hydrogen-bond donors (Lipinski definition) is 1. The Bertz CT molecular complexity index is 1260. The predicted octanol–water partition coefficient (Wildman–Crippen LogP) is 6.21. The third kappa shape index (κ3) is 6.22. The zero-order chi connectivity index (χ0) is 26.2. The van der Waals surface area contributed by atoms with Gasteiger partial charge in [-0.15, -0.1) is 0 Å². The Morgan fingerprint density at radius 1 is 0.743 bits per heavy atom. The number of anilines is 1. The Morgan fingerprint density at radius 2 is 1.26 bits per heavy atom. The fourth-order valence-corrected chi connectivity index (χ4v) is 3.06. The van der Waals surface area contributed by atoms with Crippen LogP contribution in [0.5, 0.6) is 0 Å². The molecule has 0 saturated heterocycles. The van der Waals surface area contributed by atoms with Gasteiger partial charge < -0.3 is 9.88 Å². The molecule has 0 radical (unpaired) electrons. The fourth-order valence-electron chi connectivity index (χ4n) is 3.06. The number of halogens is 9. The highest BCUT2D eigenvalue weighted by Gasteiger charge is 2.37. The van der Waals surface area contributed by atoms with E-state index in [1.807, 2.05) is 5.32 Å². The largest absolute Gasteiger partial charge is 0.416 e. The van der Waals surface area contributed by atoms with Crippen molar-refractivity contribution in [1.29, 1.82) is 0 Å². The van der Waals surface area contributed by atoms with Gasteiger partial charge in [-0.1, -0.05) is 12.1 Å². The molecule has 1 heterocycles. The van der Waals surface area contributed by atoms with E-state index in [2.05, 4.69) is 0 Å². The average molecular weight is 508 g/mol. The predicted molar refractivity (Wildman–Crippen MR) is 106 cm³/mol. The number of rotatable bonds is 4. The Morgan fingerprint density at radius 3 is 1.74 bits per heavy atom. The van der Waals surface area contributed by atoms with Crippen molar-refractivity contribution < 1.29 is 44.3 Å². The van der Waals surface area contributed by atoms with Gasteiger partial charge in [0.15, 0.2) is 0 Å². The normalized spacial score (nSPS) is 12.5. The van der Waals surface area contributed by atoms with Gasteiger partial charge in [-0.2, -0.15) is 39.5 Å². The van der Waals surface area contributed by atoms with Gasteiger partial charge in [0, 0.05) is 11.9 Å². The van der Waals surface area contributed by atoms with Gasteiger partial charge in [-0.05, 0) is 48.0 Å². The lowest BCUT2D eigenvalue weighted by Crippen LogP contribution is -2.29. The number of nitrogens with one attached hydrogen (secondary N) is 1. The smallest absolute Gasteiger partial charge is 0.322 e. The molecule has 0 saturated carbocycles. The number of alkyl halides is 9. The lowest BCUT2D eigenvalue weighted by atomic mass is 10.1. The highest BCUT2D eigenvalue weighted by molar-refractivity contribution is 6.04. The molecule has 35 heavy (non-hydrogen) atoms. The Kier molecular flexibility index (Phi) is 6.73. The van der Waals surface area contributed by atoms with E-state index in [0.29, 0.717) is 0 Å². The number of carbonyl (C=O) groups is 1. The molecule has 3 rings (SSSR count). The van der Waals surface area contributed by atoms with Crippen molar-refractivity contribution in [1.82, 2.24) is 4.57 Å². The molecular formula is C22H13F9N2O2. The van der Waals surface area contributed by atoms with Crippen LogP contribution < -0.4 is 10.9 Å². The van der Waals surface area contributed by atoms with Crippen LogP contribution >= 0.6 is 0 Å². The Labute approximate surface area is 190 Å². The minimum absolute atomic E-state index is 0.116. The Hall–Kier alpha value is -3.77. The van der Waals surface area contributed by atoms with Gasteiger partial charge in [0.25, 0.3) is 11.5 Å². The second kappa shape index (κ2) is 9.12. The van der Waals surface area contributed by atoms with Crippen LogP contribution in [0, 0.1) is 0 Å². The summed E-state index contributed by atoms with van der Waals surface area (Å²) in [5, 5.41) is 1.86. The van der Waals surface area contributed by atoms with Crippen molar-refractivity contribution in [3.05, 3.63) is 99.0 Å². The zero-order valence-electron chi connectivity index (χ0n) is 17.1. The Balaban J connectivity index is 1.89. The van der Waals surface area contributed by atoms with Crippen molar-refractivity contribution in [2.24, 2.45) is 0 Å². The van der Waals surface area contributed by atoms with Gasteiger partial charge in [-0.3, -0.25) is 9.59 Å². The molecule has 0 aliphatic carbocycles. The van der Waals surface area contributed by atoms with Crippen molar-refractivity contribution in [3.63, 3.8) is 0 Å².